The number of fused-ring (bicyclic) bond motifs is 1. The van der Waals surface area contributed by atoms with Crippen LogP contribution in [0.5, 0.6) is 5.75 Å². The Morgan fingerprint density at radius 2 is 1.83 bits per heavy atom. The lowest BCUT2D eigenvalue weighted by atomic mass is 10.2. The van der Waals surface area contributed by atoms with Crippen molar-refractivity contribution in [2.24, 2.45) is 0 Å². The maximum atomic E-state index is 12.8. The molecule has 6 nitrogen and oxygen atoms in total. The van der Waals surface area contributed by atoms with Gasteiger partial charge in [0.05, 0.1) is 16.9 Å². The Balaban J connectivity index is 2.21. The number of esters is 1. The first kappa shape index (κ1) is 15.1. The Morgan fingerprint density at radius 3 is 2.48 bits per heavy atom. The second kappa shape index (κ2) is 5.44. The molecule has 2 aromatic carbocycles. The first-order valence-corrected chi connectivity index (χ1v) is 8.16. The average Bonchev–Trinajstić information content (AvgIpc) is 2.98. The van der Waals surface area contributed by atoms with Gasteiger partial charge in [-0.1, -0.05) is 6.07 Å². The Morgan fingerprint density at radius 1 is 1.13 bits per heavy atom. The lowest BCUT2D eigenvalue weighted by Gasteiger charge is -2.06. The third-order valence-corrected chi connectivity index (χ3v) is 5.29. The molecule has 1 heterocycles. The number of nitrogens with one attached hydrogen (secondary N) is 1. The van der Waals surface area contributed by atoms with Crippen molar-refractivity contribution in [2.45, 2.75) is 9.79 Å². The topological polar surface area (TPSA) is 96.5 Å². The predicted octanol–water partition coefficient (Wildman–Crippen LogP) is 2.49. The van der Waals surface area contributed by atoms with Gasteiger partial charge >= 0.3 is 5.97 Å². The number of aromatic hydroxyl groups is 1. The molecule has 3 aromatic rings. The Bertz CT molecular complexity index is 987. The largest absolute Gasteiger partial charge is 0.508 e. The molecule has 0 atom stereocenters. The number of phenolic OH excluding ortho intramolecular Hbond substituents is 1. The summed E-state index contributed by atoms with van der Waals surface area (Å²) in [5.41, 5.74) is 0.695. The molecule has 0 saturated heterocycles. The average molecular weight is 331 g/mol. The van der Waals surface area contributed by atoms with Crippen LogP contribution in [0.4, 0.5) is 0 Å². The van der Waals surface area contributed by atoms with Crippen molar-refractivity contribution in [3.8, 4) is 5.75 Å². The fraction of sp³-hybridized carbons (Fsp3) is 0.0625. The second-order valence-corrected chi connectivity index (χ2v) is 6.81. The third kappa shape index (κ3) is 2.55. The Labute approximate surface area is 132 Å². The van der Waals surface area contributed by atoms with Gasteiger partial charge in [0.1, 0.15) is 11.4 Å². The van der Waals surface area contributed by atoms with Gasteiger partial charge in [0, 0.05) is 10.9 Å². The van der Waals surface area contributed by atoms with E-state index in [0.29, 0.717) is 10.9 Å². The summed E-state index contributed by atoms with van der Waals surface area (Å²) >= 11 is 0. The van der Waals surface area contributed by atoms with Crippen molar-refractivity contribution in [1.29, 1.82) is 0 Å². The first-order valence-electron chi connectivity index (χ1n) is 6.67. The maximum absolute atomic E-state index is 12.8. The van der Waals surface area contributed by atoms with Gasteiger partial charge in [-0.2, -0.15) is 0 Å². The number of phenols is 1. The molecule has 0 unspecified atom stereocenters. The summed E-state index contributed by atoms with van der Waals surface area (Å²) in [6, 6.07) is 11.5. The van der Waals surface area contributed by atoms with Crippen LogP contribution in [-0.4, -0.2) is 31.6 Å². The number of sulfone groups is 1. The fourth-order valence-corrected chi connectivity index (χ4v) is 3.80. The summed E-state index contributed by atoms with van der Waals surface area (Å²) in [6.45, 7) is 0. The summed E-state index contributed by atoms with van der Waals surface area (Å²) in [7, 11) is -2.53. The van der Waals surface area contributed by atoms with E-state index in [9.17, 15) is 18.3 Å². The number of rotatable bonds is 3. The van der Waals surface area contributed by atoms with Crippen molar-refractivity contribution < 1.29 is 23.1 Å². The summed E-state index contributed by atoms with van der Waals surface area (Å²) in [6.07, 6.45) is 0. The van der Waals surface area contributed by atoms with Gasteiger partial charge < -0.3 is 14.8 Å². The normalized spacial score (nSPS) is 11.5. The first-order chi connectivity index (χ1) is 10.9. The van der Waals surface area contributed by atoms with Crippen LogP contribution in [0.2, 0.25) is 0 Å². The van der Waals surface area contributed by atoms with Crippen LogP contribution < -0.4 is 0 Å². The van der Waals surface area contributed by atoms with E-state index < -0.39 is 15.8 Å². The summed E-state index contributed by atoms with van der Waals surface area (Å²) in [5.74, 6) is -0.592. The Kier molecular flexibility index (Phi) is 3.57. The number of aromatic amines is 1. The van der Waals surface area contributed by atoms with Crippen LogP contribution in [0.25, 0.3) is 10.9 Å². The molecule has 0 saturated carbocycles. The van der Waals surface area contributed by atoms with Crippen LogP contribution in [-0.2, 0) is 14.6 Å². The van der Waals surface area contributed by atoms with Gasteiger partial charge in [-0.05, 0) is 42.5 Å². The van der Waals surface area contributed by atoms with Gasteiger partial charge in [-0.15, -0.1) is 0 Å². The second-order valence-electron chi connectivity index (χ2n) is 4.89. The van der Waals surface area contributed by atoms with Gasteiger partial charge in [0.15, 0.2) is 0 Å². The highest BCUT2D eigenvalue weighted by Gasteiger charge is 2.22. The lowest BCUT2D eigenvalue weighted by molar-refractivity contribution is 0.0595. The number of ether oxygens (including phenoxy) is 1. The highest BCUT2D eigenvalue weighted by Crippen LogP contribution is 2.29. The molecular weight excluding hydrogens is 318 g/mol. The van der Waals surface area contributed by atoms with Gasteiger partial charge in [-0.25, -0.2) is 13.2 Å². The number of H-pyrrole nitrogens is 1. The van der Waals surface area contributed by atoms with Crippen molar-refractivity contribution in [2.75, 3.05) is 7.11 Å². The van der Waals surface area contributed by atoms with Crippen LogP contribution in [0.15, 0.2) is 58.3 Å². The zero-order chi connectivity index (χ0) is 16.6. The van der Waals surface area contributed by atoms with Crippen molar-refractivity contribution in [1.82, 2.24) is 4.98 Å². The quantitative estimate of drug-likeness (QED) is 0.719. The molecule has 23 heavy (non-hydrogen) atoms. The van der Waals surface area contributed by atoms with Crippen LogP contribution >= 0.6 is 0 Å². The summed E-state index contributed by atoms with van der Waals surface area (Å²) in [4.78, 5) is 14.6. The molecule has 0 aliphatic rings. The highest BCUT2D eigenvalue weighted by molar-refractivity contribution is 7.91. The van der Waals surface area contributed by atoms with Gasteiger partial charge in [0.2, 0.25) is 9.84 Å². The smallest absolute Gasteiger partial charge is 0.354 e. The molecule has 7 heteroatoms. The van der Waals surface area contributed by atoms with E-state index in [2.05, 4.69) is 9.72 Å². The van der Waals surface area contributed by atoms with E-state index in [4.69, 9.17) is 0 Å². The third-order valence-electron chi connectivity index (χ3n) is 3.47. The minimum Gasteiger partial charge on any atom is -0.508 e. The van der Waals surface area contributed by atoms with Crippen LogP contribution in [0.1, 0.15) is 10.5 Å². The summed E-state index contributed by atoms with van der Waals surface area (Å²) < 4.78 is 30.2. The number of methoxy groups -OCH3 is 1. The standard InChI is InChI=1S/C16H13NO5S/c1-22-16(19)14-9-12-13(17-14)3-2-4-15(12)23(20,21)11-7-5-10(18)6-8-11/h2-9,17-18H,1H3. The number of hydrogen-bond acceptors (Lipinski definition) is 5. The van der Waals surface area contributed by atoms with Crippen molar-refractivity contribution >= 4 is 26.7 Å². The molecule has 2 N–H and O–H groups in total. The fourth-order valence-electron chi connectivity index (χ4n) is 2.33. The number of carbonyl (C=O) groups is 1. The zero-order valence-electron chi connectivity index (χ0n) is 12.1. The number of benzene rings is 2. The zero-order valence-corrected chi connectivity index (χ0v) is 12.9. The molecule has 0 fully saturated rings. The number of carbonyl (C=O) groups excluding carboxylic acids is 1. The number of aromatic nitrogens is 1. The molecule has 0 bridgehead atoms. The molecule has 0 aliphatic carbocycles. The SMILES string of the molecule is COC(=O)c1cc2c(S(=O)(=O)c3ccc(O)cc3)cccc2[nH]1. The van der Waals surface area contributed by atoms with E-state index in [-0.39, 0.29) is 21.2 Å². The van der Waals surface area contributed by atoms with E-state index in [0.717, 1.165) is 0 Å². The van der Waals surface area contributed by atoms with Crippen LogP contribution in [0.3, 0.4) is 0 Å². The lowest BCUT2D eigenvalue weighted by Crippen LogP contribution is -2.02. The van der Waals surface area contributed by atoms with E-state index in [1.165, 1.54) is 43.5 Å². The molecule has 0 radical (unpaired) electrons. The molecular formula is C16H13NO5S. The number of hydrogen-bond donors (Lipinski definition) is 2. The highest BCUT2D eigenvalue weighted by atomic mass is 32.2. The summed E-state index contributed by atoms with van der Waals surface area (Å²) in [5, 5.41) is 9.71. The van der Waals surface area contributed by atoms with E-state index >= 15 is 0 Å². The Hall–Kier alpha value is -2.80. The van der Waals surface area contributed by atoms with E-state index in [1.807, 2.05) is 0 Å². The molecule has 3 rings (SSSR count). The maximum Gasteiger partial charge on any atom is 0.354 e. The molecule has 0 aliphatic heterocycles. The minimum atomic E-state index is -3.78. The van der Waals surface area contributed by atoms with E-state index in [1.54, 1.807) is 12.1 Å². The monoisotopic (exact) mass is 331 g/mol. The molecule has 1 aromatic heterocycles. The molecule has 0 spiro atoms. The minimum absolute atomic E-state index is 0.0169. The van der Waals surface area contributed by atoms with Crippen molar-refractivity contribution in [3.63, 3.8) is 0 Å². The van der Waals surface area contributed by atoms with Gasteiger partial charge in [0.25, 0.3) is 0 Å². The van der Waals surface area contributed by atoms with Gasteiger partial charge in [-0.3, -0.25) is 0 Å². The molecule has 118 valence electrons. The molecule has 0 amide bonds. The predicted molar refractivity (Wildman–Crippen MR) is 83.2 cm³/mol. The van der Waals surface area contributed by atoms with Crippen LogP contribution in [0, 0.1) is 0 Å². The van der Waals surface area contributed by atoms with Crippen molar-refractivity contribution in [3.05, 3.63) is 54.2 Å².